The fourth-order valence-corrected chi connectivity index (χ4v) is 2.27. The largest absolute Gasteiger partial charge is 0.376 e. The van der Waals surface area contributed by atoms with Crippen LogP contribution in [0, 0.1) is 0 Å². The van der Waals surface area contributed by atoms with Crippen molar-refractivity contribution in [3.05, 3.63) is 23.9 Å². The maximum absolute atomic E-state index is 12.4. The Hall–Kier alpha value is -1.62. The van der Waals surface area contributed by atoms with E-state index in [4.69, 9.17) is 4.74 Å². The van der Waals surface area contributed by atoms with Gasteiger partial charge in [-0.15, -0.1) is 0 Å². The number of rotatable bonds is 5. The van der Waals surface area contributed by atoms with Crippen molar-refractivity contribution < 1.29 is 9.53 Å². The molecule has 0 aliphatic carbocycles. The molecule has 1 saturated heterocycles. The van der Waals surface area contributed by atoms with Gasteiger partial charge in [0.15, 0.2) is 0 Å². The molecule has 1 aliphatic rings. The average molecular weight is 263 g/mol. The number of hydrogen-bond donors (Lipinski definition) is 1. The zero-order valence-corrected chi connectivity index (χ0v) is 11.6. The van der Waals surface area contributed by atoms with Crippen LogP contribution in [0.2, 0.25) is 0 Å². The summed E-state index contributed by atoms with van der Waals surface area (Å²) in [5, 5.41) is 3.12. The maximum atomic E-state index is 12.4. The molecule has 2 heterocycles. The van der Waals surface area contributed by atoms with Crippen LogP contribution < -0.4 is 5.32 Å². The van der Waals surface area contributed by atoms with Crippen LogP contribution in [0.1, 0.15) is 30.1 Å². The van der Waals surface area contributed by atoms with Crippen molar-refractivity contribution in [2.45, 2.75) is 25.9 Å². The summed E-state index contributed by atoms with van der Waals surface area (Å²) in [6, 6.07) is 3.59. The monoisotopic (exact) mass is 263 g/mol. The molecule has 0 radical (unpaired) electrons. The molecule has 1 aromatic rings. The second-order valence-electron chi connectivity index (χ2n) is 4.75. The van der Waals surface area contributed by atoms with Gasteiger partial charge in [0.1, 0.15) is 5.82 Å². The minimum Gasteiger partial charge on any atom is -0.376 e. The molecule has 1 atom stereocenters. The Labute approximate surface area is 114 Å². The number of likely N-dealkylation sites (N-methyl/N-ethyl adjacent to an activating group) is 1. The van der Waals surface area contributed by atoms with Gasteiger partial charge in [0.2, 0.25) is 0 Å². The lowest BCUT2D eigenvalue weighted by molar-refractivity contribution is 0.0587. The molecule has 1 aliphatic heterocycles. The highest BCUT2D eigenvalue weighted by Gasteiger charge is 2.22. The van der Waals surface area contributed by atoms with Crippen LogP contribution in [-0.4, -0.2) is 48.6 Å². The third-order valence-corrected chi connectivity index (χ3v) is 3.23. The van der Waals surface area contributed by atoms with Gasteiger partial charge in [-0.1, -0.05) is 0 Å². The molecule has 0 saturated carbocycles. The van der Waals surface area contributed by atoms with E-state index in [0.29, 0.717) is 17.9 Å². The van der Waals surface area contributed by atoms with Crippen LogP contribution in [0.15, 0.2) is 18.3 Å². The first-order valence-electron chi connectivity index (χ1n) is 6.78. The smallest absolute Gasteiger partial charge is 0.257 e. The number of nitrogens with zero attached hydrogens (tertiary/aromatic N) is 2. The SMILES string of the molecule is CCNc1ncccc1C(=O)N(C)CC1CCCO1. The molecule has 2 rings (SSSR count). The molecule has 0 bridgehead atoms. The Morgan fingerprint density at radius 1 is 1.63 bits per heavy atom. The summed E-state index contributed by atoms with van der Waals surface area (Å²) in [7, 11) is 1.81. The third-order valence-electron chi connectivity index (χ3n) is 3.23. The first-order valence-corrected chi connectivity index (χ1v) is 6.78. The lowest BCUT2D eigenvalue weighted by atomic mass is 10.2. The lowest BCUT2D eigenvalue weighted by Gasteiger charge is -2.21. The van der Waals surface area contributed by atoms with E-state index >= 15 is 0 Å². The van der Waals surface area contributed by atoms with E-state index in [2.05, 4.69) is 10.3 Å². The van der Waals surface area contributed by atoms with Gasteiger partial charge in [-0.2, -0.15) is 0 Å². The van der Waals surface area contributed by atoms with E-state index < -0.39 is 0 Å². The number of carbonyl (C=O) groups excluding carboxylic acids is 1. The second-order valence-corrected chi connectivity index (χ2v) is 4.75. The zero-order chi connectivity index (χ0) is 13.7. The van der Waals surface area contributed by atoms with Crippen molar-refractivity contribution >= 4 is 11.7 Å². The van der Waals surface area contributed by atoms with E-state index in [1.54, 1.807) is 23.2 Å². The molecule has 1 fully saturated rings. The van der Waals surface area contributed by atoms with Gasteiger partial charge in [0, 0.05) is 32.9 Å². The van der Waals surface area contributed by atoms with Crippen LogP contribution in [0.25, 0.3) is 0 Å². The Bertz CT molecular complexity index is 430. The second kappa shape index (κ2) is 6.52. The van der Waals surface area contributed by atoms with Crippen molar-refractivity contribution in [3.8, 4) is 0 Å². The summed E-state index contributed by atoms with van der Waals surface area (Å²) in [5.74, 6) is 0.633. The highest BCUT2D eigenvalue weighted by Crippen LogP contribution is 2.17. The van der Waals surface area contributed by atoms with E-state index in [1.807, 2.05) is 14.0 Å². The summed E-state index contributed by atoms with van der Waals surface area (Å²) < 4.78 is 5.56. The van der Waals surface area contributed by atoms with Gasteiger partial charge < -0.3 is 15.0 Å². The topological polar surface area (TPSA) is 54.5 Å². The van der Waals surface area contributed by atoms with Crippen LogP contribution >= 0.6 is 0 Å². The van der Waals surface area contributed by atoms with Crippen LogP contribution in [0.4, 0.5) is 5.82 Å². The zero-order valence-electron chi connectivity index (χ0n) is 11.6. The molecule has 19 heavy (non-hydrogen) atoms. The number of hydrogen-bond acceptors (Lipinski definition) is 4. The lowest BCUT2D eigenvalue weighted by Crippen LogP contribution is -2.34. The number of nitrogens with one attached hydrogen (secondary N) is 1. The van der Waals surface area contributed by atoms with E-state index in [9.17, 15) is 4.79 Å². The van der Waals surface area contributed by atoms with Crippen molar-refractivity contribution in [1.82, 2.24) is 9.88 Å². The van der Waals surface area contributed by atoms with Crippen molar-refractivity contribution in [2.24, 2.45) is 0 Å². The molecule has 5 nitrogen and oxygen atoms in total. The number of aromatic nitrogens is 1. The minimum absolute atomic E-state index is 0.0143. The summed E-state index contributed by atoms with van der Waals surface area (Å²) >= 11 is 0. The first kappa shape index (κ1) is 13.8. The molecule has 1 N–H and O–H groups in total. The first-order chi connectivity index (χ1) is 9.22. The Morgan fingerprint density at radius 3 is 3.16 bits per heavy atom. The maximum Gasteiger partial charge on any atom is 0.257 e. The summed E-state index contributed by atoms with van der Waals surface area (Å²) in [5.41, 5.74) is 0.616. The standard InChI is InChI=1S/C14H21N3O2/c1-3-15-13-12(7-4-8-16-13)14(18)17(2)10-11-6-5-9-19-11/h4,7-8,11H,3,5-6,9-10H2,1-2H3,(H,15,16). The van der Waals surface area contributed by atoms with Crippen molar-refractivity contribution in [2.75, 3.05) is 32.1 Å². The number of ether oxygens (including phenoxy) is 1. The van der Waals surface area contributed by atoms with Gasteiger partial charge in [0.25, 0.3) is 5.91 Å². The molecule has 1 amide bonds. The molecule has 1 unspecified atom stereocenters. The highest BCUT2D eigenvalue weighted by atomic mass is 16.5. The highest BCUT2D eigenvalue weighted by molar-refractivity contribution is 5.98. The molecular formula is C14H21N3O2. The van der Waals surface area contributed by atoms with Crippen LogP contribution in [0.3, 0.4) is 0 Å². The Balaban J connectivity index is 2.05. The van der Waals surface area contributed by atoms with Gasteiger partial charge >= 0.3 is 0 Å². The molecule has 0 spiro atoms. The summed E-state index contributed by atoms with van der Waals surface area (Å²) in [4.78, 5) is 18.3. The molecule has 1 aromatic heterocycles. The van der Waals surface area contributed by atoms with Crippen molar-refractivity contribution in [1.29, 1.82) is 0 Å². The van der Waals surface area contributed by atoms with E-state index in [1.165, 1.54) is 0 Å². The van der Waals surface area contributed by atoms with E-state index in [0.717, 1.165) is 26.0 Å². The van der Waals surface area contributed by atoms with E-state index in [-0.39, 0.29) is 12.0 Å². The fourth-order valence-electron chi connectivity index (χ4n) is 2.27. The predicted molar refractivity (Wildman–Crippen MR) is 74.3 cm³/mol. The van der Waals surface area contributed by atoms with Gasteiger partial charge in [-0.3, -0.25) is 4.79 Å². The van der Waals surface area contributed by atoms with Crippen LogP contribution in [0.5, 0.6) is 0 Å². The van der Waals surface area contributed by atoms with Crippen LogP contribution in [-0.2, 0) is 4.74 Å². The fraction of sp³-hybridized carbons (Fsp3) is 0.571. The normalized spacial score (nSPS) is 18.3. The number of carbonyl (C=O) groups is 1. The Kier molecular flexibility index (Phi) is 4.74. The molecule has 0 aromatic carbocycles. The van der Waals surface area contributed by atoms with Crippen molar-refractivity contribution in [3.63, 3.8) is 0 Å². The minimum atomic E-state index is -0.0143. The van der Waals surface area contributed by atoms with Gasteiger partial charge in [-0.05, 0) is 31.9 Å². The number of amides is 1. The van der Waals surface area contributed by atoms with Gasteiger partial charge in [-0.25, -0.2) is 4.98 Å². The Morgan fingerprint density at radius 2 is 2.47 bits per heavy atom. The average Bonchev–Trinajstić information content (AvgIpc) is 2.92. The molecule has 104 valence electrons. The predicted octanol–water partition coefficient (Wildman–Crippen LogP) is 1.76. The number of pyridine rings is 1. The van der Waals surface area contributed by atoms with Gasteiger partial charge in [0.05, 0.1) is 11.7 Å². The summed E-state index contributed by atoms with van der Waals surface area (Å²) in [6.07, 6.45) is 3.98. The molecule has 5 heteroatoms. The molecular weight excluding hydrogens is 242 g/mol. The summed E-state index contributed by atoms with van der Waals surface area (Å²) in [6.45, 7) is 4.17. The quantitative estimate of drug-likeness (QED) is 0.879. The number of anilines is 1. The third kappa shape index (κ3) is 3.44.